The van der Waals surface area contributed by atoms with E-state index in [4.69, 9.17) is 23.1 Å². The van der Waals surface area contributed by atoms with Crippen molar-refractivity contribution in [1.82, 2.24) is 0 Å². The van der Waals surface area contributed by atoms with E-state index >= 15 is 0 Å². The maximum Gasteiger partial charge on any atom is 0.418 e. The Hall–Kier alpha value is -2.09. The van der Waals surface area contributed by atoms with Crippen LogP contribution >= 0.6 is 11.6 Å². The highest BCUT2D eigenvalue weighted by Crippen LogP contribution is 2.41. The van der Waals surface area contributed by atoms with E-state index in [0.717, 1.165) is 6.07 Å². The molecule has 0 radical (unpaired) electrons. The zero-order valence-electron chi connectivity index (χ0n) is 17.3. The molecule has 168 valence electrons. The fraction of sp³-hybridized carbons (Fsp3) is 0.429. The zero-order chi connectivity index (χ0) is 23.6. The van der Waals surface area contributed by atoms with Crippen LogP contribution in [0.5, 0.6) is 0 Å². The lowest BCUT2D eigenvalue weighted by atomic mass is 9.92. The average molecular weight is 455 g/mol. The molecular formula is C21H25ClF6N2. The first-order valence-electron chi connectivity index (χ1n) is 9.10. The summed E-state index contributed by atoms with van der Waals surface area (Å²) in [7, 11) is 0. The molecule has 9 heteroatoms. The topological polar surface area (TPSA) is 52.0 Å². The van der Waals surface area contributed by atoms with Gasteiger partial charge >= 0.3 is 12.4 Å². The number of halogens is 7. The van der Waals surface area contributed by atoms with Crippen molar-refractivity contribution < 1.29 is 26.3 Å². The third-order valence-corrected chi connectivity index (χ3v) is 4.64. The van der Waals surface area contributed by atoms with Gasteiger partial charge in [0.05, 0.1) is 16.1 Å². The lowest BCUT2D eigenvalue weighted by Gasteiger charge is -2.18. The Labute approximate surface area is 177 Å². The molecular weight excluding hydrogens is 430 g/mol. The van der Waals surface area contributed by atoms with Gasteiger partial charge in [0.2, 0.25) is 0 Å². The van der Waals surface area contributed by atoms with Crippen LogP contribution in [0.1, 0.15) is 67.3 Å². The van der Waals surface area contributed by atoms with E-state index in [1.54, 1.807) is 27.7 Å². The van der Waals surface area contributed by atoms with Gasteiger partial charge in [-0.3, -0.25) is 0 Å². The summed E-state index contributed by atoms with van der Waals surface area (Å²) in [4.78, 5) is 0. The van der Waals surface area contributed by atoms with Crippen LogP contribution in [0.25, 0.3) is 0 Å². The van der Waals surface area contributed by atoms with Crippen LogP contribution in [0.4, 0.5) is 37.7 Å². The number of benzene rings is 2. The van der Waals surface area contributed by atoms with Gasteiger partial charge in [0.1, 0.15) is 0 Å². The predicted octanol–water partition coefficient (Wildman–Crippen LogP) is 7.78. The summed E-state index contributed by atoms with van der Waals surface area (Å²) in [6, 6.07) is 5.20. The van der Waals surface area contributed by atoms with Gasteiger partial charge in [-0.15, -0.1) is 0 Å². The van der Waals surface area contributed by atoms with Gasteiger partial charge in [-0.25, -0.2) is 0 Å². The third kappa shape index (κ3) is 6.45. The molecule has 30 heavy (non-hydrogen) atoms. The Morgan fingerprint density at radius 2 is 1.07 bits per heavy atom. The summed E-state index contributed by atoms with van der Waals surface area (Å²) in [5.74, 6) is -0.466. The number of hydrogen-bond acceptors (Lipinski definition) is 2. The summed E-state index contributed by atoms with van der Waals surface area (Å²) >= 11 is 5.56. The number of nitrogens with two attached hydrogens (primary N) is 2. The van der Waals surface area contributed by atoms with Gasteiger partial charge < -0.3 is 11.5 Å². The number of anilines is 2. The van der Waals surface area contributed by atoms with Crippen molar-refractivity contribution in [2.45, 2.75) is 58.8 Å². The van der Waals surface area contributed by atoms with Crippen molar-refractivity contribution >= 4 is 23.0 Å². The van der Waals surface area contributed by atoms with Crippen LogP contribution in [0.3, 0.4) is 0 Å². The van der Waals surface area contributed by atoms with Gasteiger partial charge in [0, 0.05) is 11.4 Å². The molecule has 2 aromatic rings. The molecule has 0 aliphatic rings. The van der Waals surface area contributed by atoms with Crippen molar-refractivity contribution in [1.29, 1.82) is 0 Å². The van der Waals surface area contributed by atoms with Crippen molar-refractivity contribution in [3.8, 4) is 0 Å². The number of hydrogen-bond donors (Lipinski definition) is 2. The fourth-order valence-corrected chi connectivity index (χ4v) is 3.43. The molecule has 0 fully saturated rings. The Bertz CT molecular complexity index is 813. The third-order valence-electron chi connectivity index (χ3n) is 4.34. The Morgan fingerprint density at radius 1 is 0.700 bits per heavy atom. The minimum atomic E-state index is -4.44. The van der Waals surface area contributed by atoms with Crippen molar-refractivity contribution in [3.05, 3.63) is 57.1 Å². The quantitative estimate of drug-likeness (QED) is 0.359. The standard InChI is InChI=1S/C11H14F3N.C10H11ClF3N/c1-6(2)9-5-8(15)4-7(3)10(9)11(12,13)14;1-5(2)7-3-6(15)4-8(11)9(7)10(12,13)14/h4-6H,15H2,1-3H3;3-5H,15H2,1-2H3. The molecule has 0 atom stereocenters. The van der Waals surface area contributed by atoms with Crippen molar-refractivity contribution in [2.24, 2.45) is 0 Å². The second kappa shape index (κ2) is 9.37. The second-order valence-electron chi connectivity index (χ2n) is 7.57. The number of alkyl halides is 6. The van der Waals surface area contributed by atoms with Gasteiger partial charge in [0.25, 0.3) is 0 Å². The molecule has 2 rings (SSSR count). The largest absolute Gasteiger partial charge is 0.418 e. The minimum Gasteiger partial charge on any atom is -0.399 e. The molecule has 0 saturated carbocycles. The van der Waals surface area contributed by atoms with Crippen LogP contribution in [-0.2, 0) is 12.4 Å². The number of nitrogen functional groups attached to an aromatic ring is 2. The van der Waals surface area contributed by atoms with Crippen LogP contribution < -0.4 is 11.5 Å². The van der Waals surface area contributed by atoms with Gasteiger partial charge in [-0.1, -0.05) is 39.3 Å². The van der Waals surface area contributed by atoms with E-state index in [1.165, 1.54) is 25.1 Å². The molecule has 2 aromatic carbocycles. The highest BCUT2D eigenvalue weighted by atomic mass is 35.5. The molecule has 4 N–H and O–H groups in total. The second-order valence-corrected chi connectivity index (χ2v) is 7.98. The first kappa shape index (κ1) is 25.9. The molecule has 2 nitrogen and oxygen atoms in total. The van der Waals surface area contributed by atoms with Crippen LogP contribution in [0.15, 0.2) is 24.3 Å². The summed E-state index contributed by atoms with van der Waals surface area (Å²) in [5.41, 5.74) is 10.9. The first-order valence-corrected chi connectivity index (χ1v) is 9.47. The van der Waals surface area contributed by atoms with E-state index in [9.17, 15) is 26.3 Å². The maximum atomic E-state index is 12.8. The van der Waals surface area contributed by atoms with Gasteiger partial charge in [0.15, 0.2) is 0 Å². The Kier molecular flexibility index (Phi) is 8.10. The molecule has 0 spiro atoms. The highest BCUT2D eigenvalue weighted by molar-refractivity contribution is 6.31. The molecule has 0 bridgehead atoms. The summed E-state index contributed by atoms with van der Waals surface area (Å²) < 4.78 is 76.3. The molecule has 0 heterocycles. The normalized spacial score (nSPS) is 12.2. The average Bonchev–Trinajstić information content (AvgIpc) is 2.50. The minimum absolute atomic E-state index is 0.132. The molecule has 0 aromatic heterocycles. The van der Waals surface area contributed by atoms with Crippen LogP contribution in [0, 0.1) is 6.92 Å². The molecule has 0 aliphatic carbocycles. The first-order chi connectivity index (χ1) is 13.5. The van der Waals surface area contributed by atoms with Crippen molar-refractivity contribution in [3.63, 3.8) is 0 Å². The number of rotatable bonds is 2. The van der Waals surface area contributed by atoms with E-state index in [0.29, 0.717) is 5.69 Å². The van der Waals surface area contributed by atoms with Gasteiger partial charge in [-0.2, -0.15) is 26.3 Å². The highest BCUT2D eigenvalue weighted by Gasteiger charge is 2.37. The summed E-state index contributed by atoms with van der Waals surface area (Å²) in [5, 5.41) is -0.341. The van der Waals surface area contributed by atoms with E-state index in [2.05, 4.69) is 0 Å². The fourth-order valence-electron chi connectivity index (χ4n) is 3.09. The van der Waals surface area contributed by atoms with E-state index in [-0.39, 0.29) is 39.2 Å². The monoisotopic (exact) mass is 454 g/mol. The maximum absolute atomic E-state index is 12.8. The van der Waals surface area contributed by atoms with Gasteiger partial charge in [-0.05, 0) is 59.7 Å². The molecule has 0 saturated heterocycles. The number of aryl methyl sites for hydroxylation is 1. The Morgan fingerprint density at radius 3 is 1.43 bits per heavy atom. The smallest absolute Gasteiger partial charge is 0.399 e. The van der Waals surface area contributed by atoms with Crippen LogP contribution in [0.2, 0.25) is 5.02 Å². The van der Waals surface area contributed by atoms with E-state index in [1.807, 2.05) is 0 Å². The lowest BCUT2D eigenvalue weighted by Crippen LogP contribution is -2.13. The molecule has 0 unspecified atom stereocenters. The SMILES string of the molecule is CC(C)c1cc(N)cc(Cl)c1C(F)(F)F.Cc1cc(N)cc(C(C)C)c1C(F)(F)F. The molecule has 0 aliphatic heterocycles. The molecule has 0 amide bonds. The zero-order valence-corrected chi connectivity index (χ0v) is 18.0. The van der Waals surface area contributed by atoms with E-state index < -0.39 is 23.5 Å². The summed E-state index contributed by atoms with van der Waals surface area (Å²) in [6.45, 7) is 8.22. The lowest BCUT2D eigenvalue weighted by molar-refractivity contribution is -0.139. The predicted molar refractivity (Wildman–Crippen MR) is 110 cm³/mol. The van der Waals surface area contributed by atoms with Crippen LogP contribution in [-0.4, -0.2) is 0 Å². The summed E-state index contributed by atoms with van der Waals surface area (Å²) in [6.07, 6.45) is -8.75. The Balaban J connectivity index is 0.000000300. The van der Waals surface area contributed by atoms with Crippen molar-refractivity contribution in [2.75, 3.05) is 11.5 Å².